The number of hydrogen-bond donors (Lipinski definition) is 0. The van der Waals surface area contributed by atoms with Gasteiger partial charge in [-0.3, -0.25) is 0 Å². The Balaban J connectivity index is -0.00000544. The molecule has 1 atom stereocenters. The van der Waals surface area contributed by atoms with Gasteiger partial charge in [0.05, 0.1) is 19.8 Å². The van der Waals surface area contributed by atoms with Crippen molar-refractivity contribution < 1.29 is 26.9 Å². The van der Waals surface area contributed by atoms with Gasteiger partial charge in [0, 0.05) is 12.2 Å². The van der Waals surface area contributed by atoms with Gasteiger partial charge in [0.2, 0.25) is 0 Å². The van der Waals surface area contributed by atoms with Crippen molar-refractivity contribution in [2.45, 2.75) is 125 Å². The van der Waals surface area contributed by atoms with Crippen LogP contribution in [0.15, 0.2) is 12.2 Å². The summed E-state index contributed by atoms with van der Waals surface area (Å²) < 4.78 is 30.6. The summed E-state index contributed by atoms with van der Waals surface area (Å²) in [6, 6.07) is 3.21. The van der Waals surface area contributed by atoms with Crippen molar-refractivity contribution in [3.63, 3.8) is 0 Å². The van der Waals surface area contributed by atoms with Gasteiger partial charge in [-0.2, -0.15) is 0 Å². The molecule has 0 aromatic rings. The maximum absolute atomic E-state index is 11.6. The first-order chi connectivity index (χ1) is 15.5. The third-order valence-electron chi connectivity index (χ3n) is 5.34. The Kier molecular flexibility index (Phi) is 21.4. The summed E-state index contributed by atoms with van der Waals surface area (Å²) in [7, 11) is -7.57. The van der Waals surface area contributed by atoms with Crippen LogP contribution in [0, 0.1) is 0 Å². The number of esters is 1. The molecule has 0 aliphatic carbocycles. The van der Waals surface area contributed by atoms with Gasteiger partial charge in [-0.1, -0.05) is 41.2 Å². The van der Waals surface area contributed by atoms with Crippen molar-refractivity contribution >= 4 is 39.5 Å². The molecule has 0 saturated heterocycles. The van der Waals surface area contributed by atoms with Crippen LogP contribution in [0.4, 0.5) is 0 Å². The van der Waals surface area contributed by atoms with Crippen LogP contribution in [0.1, 0.15) is 54.4 Å². The second-order valence-corrected chi connectivity index (χ2v) is 28.5. The fourth-order valence-corrected chi connectivity index (χ4v) is 19.7. The van der Waals surface area contributed by atoms with Gasteiger partial charge in [-0.15, -0.1) is 0 Å². The van der Waals surface area contributed by atoms with Crippen LogP contribution in [-0.2, 0) is 26.9 Å². The molecule has 0 aliphatic rings. The lowest BCUT2D eigenvalue weighted by Crippen LogP contribution is -2.53. The highest BCUT2D eigenvalue weighted by Crippen LogP contribution is 2.29. The Morgan fingerprint density at radius 2 is 1.31 bits per heavy atom. The van der Waals surface area contributed by atoms with Gasteiger partial charge in [0.1, 0.15) is 0 Å². The number of unbranched alkanes of at least 4 members (excludes halogenated alkanes) is 1. The molecular weight excluding hydrogens is 521 g/mol. The van der Waals surface area contributed by atoms with Crippen LogP contribution in [0.2, 0.25) is 70.5 Å². The Morgan fingerprint density at radius 1 is 0.750 bits per heavy atom. The monoisotopic (exact) mass is 582 g/mol. The summed E-state index contributed by atoms with van der Waals surface area (Å²) in [5, 5.41) is 0. The Bertz CT molecular complexity index is 608. The molecule has 0 radical (unpaired) electrons. The van der Waals surface area contributed by atoms with E-state index in [1.807, 2.05) is 0 Å². The van der Waals surface area contributed by atoms with Crippen molar-refractivity contribution in [2.75, 3.05) is 26.4 Å². The number of ether oxygens (including phenoxy) is 2. The van der Waals surface area contributed by atoms with E-state index < -0.39 is 33.5 Å². The predicted molar refractivity (Wildman–Crippen MR) is 167 cm³/mol. The quantitative estimate of drug-likeness (QED) is 0.0622. The molecule has 10 heteroatoms. The second-order valence-electron chi connectivity index (χ2n) is 11.6. The van der Waals surface area contributed by atoms with Gasteiger partial charge in [-0.25, -0.2) is 4.79 Å². The summed E-state index contributed by atoms with van der Waals surface area (Å²) in [5.74, 6) is -0.316. The van der Waals surface area contributed by atoms with E-state index in [2.05, 4.69) is 65.9 Å². The smallest absolute Gasteiger partial charge is 0.333 e. The van der Waals surface area contributed by atoms with E-state index in [-0.39, 0.29) is 20.8 Å². The van der Waals surface area contributed by atoms with Gasteiger partial charge in [0.15, 0.2) is 25.0 Å². The molecule has 0 fully saturated rings. The predicted octanol–water partition coefficient (Wildman–Crippen LogP) is 8.34. The number of hydrogen-bond acceptors (Lipinski definition) is 6. The summed E-state index contributed by atoms with van der Waals surface area (Å²) in [6.45, 7) is 27.9. The minimum absolute atomic E-state index is 0. The van der Waals surface area contributed by atoms with E-state index in [1.165, 1.54) is 18.9 Å². The number of carbonyl (C=O) groups is 1. The third-order valence-corrected chi connectivity index (χ3v) is 18.9. The van der Waals surface area contributed by atoms with E-state index in [1.54, 1.807) is 6.92 Å². The standard InChI is InChI=1S/C24H54O6Si4.2CH4/c1-12-13-21-34(11,22-14-16-26-18-19-28-31(4,5)6)30-33(9,10)29-32(7,8)20-15-17-27-24(25)23(2)3;;/h2,12-22H2,1,3-11H3;2*1H4. The lowest BCUT2D eigenvalue weighted by molar-refractivity contribution is -0.138. The minimum atomic E-state index is -2.28. The molecule has 0 rings (SSSR count). The highest BCUT2D eigenvalue weighted by Gasteiger charge is 2.41. The largest absolute Gasteiger partial charge is 0.462 e. The van der Waals surface area contributed by atoms with E-state index in [4.69, 9.17) is 22.1 Å². The summed E-state index contributed by atoms with van der Waals surface area (Å²) in [5.41, 5.74) is 0.441. The summed E-state index contributed by atoms with van der Waals surface area (Å²) in [4.78, 5) is 11.6. The molecule has 0 aliphatic heterocycles. The van der Waals surface area contributed by atoms with Crippen molar-refractivity contribution in [2.24, 2.45) is 0 Å². The van der Waals surface area contributed by atoms with Crippen molar-refractivity contribution in [3.8, 4) is 0 Å². The normalized spacial score (nSPS) is 13.8. The first kappa shape index (κ1) is 40.4. The van der Waals surface area contributed by atoms with Gasteiger partial charge in [0.25, 0.3) is 0 Å². The molecule has 0 amide bonds. The molecule has 0 N–H and O–H groups in total. The van der Waals surface area contributed by atoms with Gasteiger partial charge in [-0.05, 0) is 90.3 Å². The number of rotatable bonds is 20. The molecule has 0 saturated carbocycles. The lowest BCUT2D eigenvalue weighted by Gasteiger charge is -2.40. The first-order valence-corrected chi connectivity index (χ1v) is 25.1. The van der Waals surface area contributed by atoms with E-state index in [9.17, 15) is 4.79 Å². The van der Waals surface area contributed by atoms with E-state index in [0.717, 1.165) is 31.5 Å². The Morgan fingerprint density at radius 3 is 1.83 bits per heavy atom. The van der Waals surface area contributed by atoms with Crippen LogP contribution in [0.25, 0.3) is 0 Å². The molecule has 0 bridgehead atoms. The molecule has 1 unspecified atom stereocenters. The average Bonchev–Trinajstić information content (AvgIpc) is 2.66. The van der Waals surface area contributed by atoms with Crippen molar-refractivity contribution in [1.82, 2.24) is 0 Å². The fourth-order valence-electron chi connectivity index (χ4n) is 3.95. The minimum Gasteiger partial charge on any atom is -0.462 e. The summed E-state index contributed by atoms with van der Waals surface area (Å²) in [6.07, 6.45) is 4.22. The topological polar surface area (TPSA) is 63.2 Å². The zero-order valence-corrected chi connectivity index (χ0v) is 27.9. The highest BCUT2D eigenvalue weighted by atomic mass is 28.5. The molecular formula is C26H62O6Si4. The lowest BCUT2D eigenvalue weighted by atomic mass is 10.4. The van der Waals surface area contributed by atoms with Crippen molar-refractivity contribution in [1.29, 1.82) is 0 Å². The maximum atomic E-state index is 11.6. The molecule has 0 aromatic heterocycles. The fraction of sp³-hybridized carbons (Fsp3) is 0.885. The second kappa shape index (κ2) is 19.1. The van der Waals surface area contributed by atoms with Gasteiger partial charge >= 0.3 is 14.5 Å². The molecule has 0 spiro atoms. The first-order valence-electron chi connectivity index (χ1n) is 13.0. The van der Waals surface area contributed by atoms with Crippen LogP contribution in [0.5, 0.6) is 0 Å². The van der Waals surface area contributed by atoms with E-state index in [0.29, 0.717) is 25.4 Å². The van der Waals surface area contributed by atoms with Crippen LogP contribution in [0.3, 0.4) is 0 Å². The third kappa shape index (κ3) is 22.0. The van der Waals surface area contributed by atoms with E-state index >= 15 is 0 Å². The molecule has 6 nitrogen and oxygen atoms in total. The SMILES string of the molecule is C.C.C=C(C)C(=O)OCCC[Si](C)(C)O[Si](C)(C)O[Si](C)(CCCC)CCCOCCO[Si](C)(C)C. The molecule has 0 heterocycles. The highest BCUT2D eigenvalue weighted by molar-refractivity contribution is 6.88. The molecule has 0 aromatic carbocycles. The summed E-state index contributed by atoms with van der Waals surface area (Å²) >= 11 is 0. The molecule has 36 heavy (non-hydrogen) atoms. The van der Waals surface area contributed by atoms with Crippen LogP contribution in [-0.4, -0.2) is 65.9 Å². The number of carbonyl (C=O) groups excluding carboxylic acids is 1. The van der Waals surface area contributed by atoms with Crippen LogP contribution < -0.4 is 0 Å². The maximum Gasteiger partial charge on any atom is 0.333 e. The average molecular weight is 583 g/mol. The van der Waals surface area contributed by atoms with Crippen molar-refractivity contribution in [3.05, 3.63) is 12.2 Å². The zero-order valence-electron chi connectivity index (χ0n) is 23.9. The molecule has 218 valence electrons. The van der Waals surface area contributed by atoms with Gasteiger partial charge < -0.3 is 22.1 Å². The Hall–Kier alpha value is -0.0825. The van der Waals surface area contributed by atoms with Crippen LogP contribution >= 0.6 is 0 Å². The zero-order chi connectivity index (χ0) is 26.5. The Labute approximate surface area is 229 Å².